The largest absolute Gasteiger partial charge is 0.372 e. The number of benzene rings is 1. The van der Waals surface area contributed by atoms with Gasteiger partial charge in [0, 0.05) is 12.6 Å². The number of nitrogens with one attached hydrogen (secondary N) is 1. The first-order chi connectivity index (χ1) is 7.70. The molecule has 1 N–H and O–H groups in total. The quantitative estimate of drug-likeness (QED) is 0.833. The van der Waals surface area contributed by atoms with Gasteiger partial charge >= 0.3 is 0 Å². The highest BCUT2D eigenvalue weighted by Crippen LogP contribution is 2.21. The van der Waals surface area contributed by atoms with Crippen molar-refractivity contribution in [1.29, 1.82) is 0 Å². The summed E-state index contributed by atoms with van der Waals surface area (Å²) in [5.74, 6) is 0.786. The predicted octanol–water partition coefficient (Wildman–Crippen LogP) is 2.80. The van der Waals surface area contributed by atoms with Crippen LogP contribution in [0.15, 0.2) is 30.6 Å². The van der Waals surface area contributed by atoms with Crippen molar-refractivity contribution in [1.82, 2.24) is 9.97 Å². The van der Waals surface area contributed by atoms with Crippen molar-refractivity contribution in [3.8, 4) is 11.3 Å². The number of aryl methyl sites for hydroxylation is 2. The second-order valence-corrected chi connectivity index (χ2v) is 3.86. The molecule has 0 aliphatic carbocycles. The molecule has 0 fully saturated rings. The summed E-state index contributed by atoms with van der Waals surface area (Å²) in [5, 5.41) is 2.96. The van der Waals surface area contributed by atoms with Crippen molar-refractivity contribution < 1.29 is 0 Å². The Morgan fingerprint density at radius 2 is 1.88 bits per heavy atom. The summed E-state index contributed by atoms with van der Waals surface area (Å²) < 4.78 is 0. The number of nitrogens with zero attached hydrogens (tertiary/aromatic N) is 2. The van der Waals surface area contributed by atoms with E-state index in [4.69, 9.17) is 0 Å². The minimum Gasteiger partial charge on any atom is -0.372 e. The van der Waals surface area contributed by atoms with Crippen LogP contribution in [0.3, 0.4) is 0 Å². The van der Waals surface area contributed by atoms with Gasteiger partial charge in [0.15, 0.2) is 0 Å². The third-order valence-corrected chi connectivity index (χ3v) is 2.57. The van der Waals surface area contributed by atoms with Crippen LogP contribution in [0.2, 0.25) is 0 Å². The van der Waals surface area contributed by atoms with Crippen LogP contribution in [0.25, 0.3) is 11.3 Å². The van der Waals surface area contributed by atoms with E-state index < -0.39 is 0 Å². The average molecular weight is 213 g/mol. The highest BCUT2D eigenvalue weighted by molar-refractivity contribution is 5.63. The van der Waals surface area contributed by atoms with Crippen molar-refractivity contribution in [2.75, 3.05) is 12.4 Å². The average Bonchev–Trinajstić information content (AvgIpc) is 2.29. The second kappa shape index (κ2) is 4.31. The first kappa shape index (κ1) is 10.6. The maximum Gasteiger partial charge on any atom is 0.144 e. The molecular weight excluding hydrogens is 198 g/mol. The Balaban J connectivity index is 2.42. The van der Waals surface area contributed by atoms with Gasteiger partial charge in [0.2, 0.25) is 0 Å². The molecule has 0 atom stereocenters. The van der Waals surface area contributed by atoms with E-state index in [9.17, 15) is 0 Å². The summed E-state index contributed by atoms with van der Waals surface area (Å²) in [6.07, 6.45) is 3.54. The highest BCUT2D eigenvalue weighted by atomic mass is 15.0. The SMILES string of the molecule is CNc1cnc(-c2ccc(C)cc2C)cn1. The number of hydrogen-bond donors (Lipinski definition) is 1. The Bertz CT molecular complexity index is 489. The molecule has 0 spiro atoms. The number of aromatic nitrogens is 2. The lowest BCUT2D eigenvalue weighted by molar-refractivity contribution is 1.18. The zero-order valence-corrected chi connectivity index (χ0v) is 9.78. The summed E-state index contributed by atoms with van der Waals surface area (Å²) >= 11 is 0. The Kier molecular flexibility index (Phi) is 2.86. The highest BCUT2D eigenvalue weighted by Gasteiger charge is 2.03. The van der Waals surface area contributed by atoms with Crippen molar-refractivity contribution >= 4 is 5.82 Å². The fourth-order valence-corrected chi connectivity index (χ4v) is 1.70. The first-order valence-corrected chi connectivity index (χ1v) is 5.28. The Morgan fingerprint density at radius 3 is 2.44 bits per heavy atom. The van der Waals surface area contributed by atoms with E-state index in [1.807, 2.05) is 7.05 Å². The van der Waals surface area contributed by atoms with Gasteiger partial charge in [-0.25, -0.2) is 4.98 Å². The molecule has 16 heavy (non-hydrogen) atoms. The molecule has 3 heteroatoms. The Morgan fingerprint density at radius 1 is 1.06 bits per heavy atom. The summed E-state index contributed by atoms with van der Waals surface area (Å²) in [7, 11) is 1.83. The number of anilines is 1. The lowest BCUT2D eigenvalue weighted by Gasteiger charge is -2.06. The van der Waals surface area contributed by atoms with Gasteiger partial charge in [0.1, 0.15) is 5.82 Å². The zero-order valence-electron chi connectivity index (χ0n) is 9.78. The van der Waals surface area contributed by atoms with Crippen LogP contribution in [0.4, 0.5) is 5.82 Å². The molecule has 1 heterocycles. The minimum absolute atomic E-state index is 0.786. The third-order valence-electron chi connectivity index (χ3n) is 2.57. The molecule has 0 saturated heterocycles. The lowest BCUT2D eigenvalue weighted by Crippen LogP contribution is -1.95. The number of rotatable bonds is 2. The van der Waals surface area contributed by atoms with Crippen LogP contribution in [0.5, 0.6) is 0 Å². The molecular formula is C13H15N3. The summed E-state index contributed by atoms with van der Waals surface area (Å²) in [4.78, 5) is 8.65. The van der Waals surface area contributed by atoms with Crippen LogP contribution in [-0.4, -0.2) is 17.0 Å². The van der Waals surface area contributed by atoms with E-state index in [0.29, 0.717) is 0 Å². The van der Waals surface area contributed by atoms with Gasteiger partial charge in [-0.1, -0.05) is 23.8 Å². The normalized spacial score (nSPS) is 10.2. The van der Waals surface area contributed by atoms with Gasteiger partial charge in [0.25, 0.3) is 0 Å². The van der Waals surface area contributed by atoms with Gasteiger partial charge in [-0.3, -0.25) is 4.98 Å². The molecule has 2 rings (SSSR count). The maximum atomic E-state index is 4.39. The lowest BCUT2D eigenvalue weighted by atomic mass is 10.0. The van der Waals surface area contributed by atoms with Crippen LogP contribution >= 0.6 is 0 Å². The molecule has 0 aliphatic rings. The van der Waals surface area contributed by atoms with Crippen molar-refractivity contribution in [2.45, 2.75) is 13.8 Å². The topological polar surface area (TPSA) is 37.8 Å². The van der Waals surface area contributed by atoms with Gasteiger partial charge in [-0.05, 0) is 19.4 Å². The molecule has 2 aromatic rings. The van der Waals surface area contributed by atoms with E-state index in [1.165, 1.54) is 11.1 Å². The summed E-state index contributed by atoms with van der Waals surface area (Å²) in [6.45, 7) is 4.18. The first-order valence-electron chi connectivity index (χ1n) is 5.28. The van der Waals surface area contributed by atoms with Crippen molar-refractivity contribution in [3.05, 3.63) is 41.7 Å². The van der Waals surface area contributed by atoms with Gasteiger partial charge in [-0.2, -0.15) is 0 Å². The second-order valence-electron chi connectivity index (χ2n) is 3.86. The van der Waals surface area contributed by atoms with Gasteiger partial charge < -0.3 is 5.32 Å². The van der Waals surface area contributed by atoms with E-state index in [-0.39, 0.29) is 0 Å². The zero-order chi connectivity index (χ0) is 11.5. The van der Waals surface area contributed by atoms with Crippen LogP contribution in [-0.2, 0) is 0 Å². The minimum atomic E-state index is 0.786. The van der Waals surface area contributed by atoms with Crippen molar-refractivity contribution in [3.63, 3.8) is 0 Å². The fourth-order valence-electron chi connectivity index (χ4n) is 1.70. The molecule has 1 aromatic carbocycles. The van der Waals surface area contributed by atoms with Crippen molar-refractivity contribution in [2.24, 2.45) is 0 Å². The standard InChI is InChI=1S/C13H15N3/c1-9-4-5-11(10(2)6-9)12-7-16-13(14-3)8-15-12/h4-8H,1-3H3,(H,14,16). The van der Waals surface area contributed by atoms with Gasteiger partial charge in [-0.15, -0.1) is 0 Å². The van der Waals surface area contributed by atoms with E-state index in [2.05, 4.69) is 47.3 Å². The number of hydrogen-bond acceptors (Lipinski definition) is 3. The van der Waals surface area contributed by atoms with E-state index in [0.717, 1.165) is 17.1 Å². The molecule has 0 radical (unpaired) electrons. The molecule has 82 valence electrons. The van der Waals surface area contributed by atoms with Crippen LogP contribution in [0, 0.1) is 13.8 Å². The summed E-state index contributed by atoms with van der Waals surface area (Å²) in [5.41, 5.74) is 4.55. The smallest absolute Gasteiger partial charge is 0.144 e. The fraction of sp³-hybridized carbons (Fsp3) is 0.231. The van der Waals surface area contributed by atoms with Crippen LogP contribution in [0.1, 0.15) is 11.1 Å². The van der Waals surface area contributed by atoms with Gasteiger partial charge in [0.05, 0.1) is 18.1 Å². The maximum absolute atomic E-state index is 4.39. The predicted molar refractivity (Wildman–Crippen MR) is 66.5 cm³/mol. The molecule has 0 amide bonds. The third kappa shape index (κ3) is 2.03. The van der Waals surface area contributed by atoms with E-state index in [1.54, 1.807) is 12.4 Å². The molecule has 0 saturated carbocycles. The van der Waals surface area contributed by atoms with E-state index >= 15 is 0 Å². The Labute approximate surface area is 95.6 Å². The molecule has 0 aliphatic heterocycles. The molecule has 3 nitrogen and oxygen atoms in total. The summed E-state index contributed by atoms with van der Waals surface area (Å²) in [6, 6.07) is 6.34. The van der Waals surface area contributed by atoms with Crippen LogP contribution < -0.4 is 5.32 Å². The molecule has 1 aromatic heterocycles. The Hall–Kier alpha value is -1.90. The molecule has 0 unspecified atom stereocenters. The monoisotopic (exact) mass is 213 g/mol. The molecule has 0 bridgehead atoms.